The Morgan fingerprint density at radius 2 is 1.64 bits per heavy atom. The Balaban J connectivity index is 2.39. The van der Waals surface area contributed by atoms with Gasteiger partial charge in [-0.3, -0.25) is 10.1 Å². The van der Waals surface area contributed by atoms with Crippen LogP contribution in [-0.4, -0.2) is 51.1 Å². The number of hydrogen-bond acceptors (Lipinski definition) is 7. The Morgan fingerprint density at radius 3 is 2.21 bits per heavy atom. The Kier molecular flexibility index (Phi) is 7.61. The second kappa shape index (κ2) is 9.71. The van der Waals surface area contributed by atoms with E-state index in [1.54, 1.807) is 30.3 Å². The van der Waals surface area contributed by atoms with Crippen molar-refractivity contribution in [2.24, 2.45) is 0 Å². The van der Waals surface area contributed by atoms with Crippen molar-refractivity contribution in [2.75, 3.05) is 14.2 Å². The summed E-state index contributed by atoms with van der Waals surface area (Å²) >= 11 is 0. The second-order valence-corrected chi connectivity index (χ2v) is 7.66. The van der Waals surface area contributed by atoms with Gasteiger partial charge in [0.15, 0.2) is 11.2 Å². The number of aliphatic hydroxyl groups excluding tert-OH is 1. The lowest BCUT2D eigenvalue weighted by Crippen LogP contribution is -2.50. The van der Waals surface area contributed by atoms with Gasteiger partial charge in [-0.05, 0) is 18.1 Å². The highest BCUT2D eigenvalue weighted by Crippen LogP contribution is 2.24. The third kappa shape index (κ3) is 5.33. The van der Waals surface area contributed by atoms with Crippen LogP contribution in [0, 0.1) is 10.1 Å². The Bertz CT molecular complexity index is 886. The highest BCUT2D eigenvalue weighted by molar-refractivity contribution is 7.89. The fraction of sp³-hybridized carbons (Fsp3) is 0.333. The predicted molar refractivity (Wildman–Crippen MR) is 101 cm³/mol. The van der Waals surface area contributed by atoms with Crippen LogP contribution in [0.15, 0.2) is 59.5 Å². The van der Waals surface area contributed by atoms with Crippen LogP contribution in [0.25, 0.3) is 0 Å². The Morgan fingerprint density at radius 1 is 1.07 bits per heavy atom. The molecule has 10 heteroatoms. The van der Waals surface area contributed by atoms with Crippen LogP contribution in [-0.2, 0) is 25.9 Å². The predicted octanol–water partition coefficient (Wildman–Crippen LogP) is 1.46. The van der Waals surface area contributed by atoms with Crippen molar-refractivity contribution in [3.8, 4) is 0 Å². The van der Waals surface area contributed by atoms with E-state index < -0.39 is 44.0 Å². The van der Waals surface area contributed by atoms with E-state index in [4.69, 9.17) is 9.47 Å². The summed E-state index contributed by atoms with van der Waals surface area (Å²) in [6.45, 7) is 0. The molecule has 0 aromatic heterocycles. The number of nitro benzene ring substituents is 1. The third-order valence-electron chi connectivity index (χ3n) is 4.11. The first-order valence-electron chi connectivity index (χ1n) is 8.33. The highest BCUT2D eigenvalue weighted by Gasteiger charge is 2.34. The number of nitro groups is 1. The highest BCUT2D eigenvalue weighted by atomic mass is 32.2. The normalized spacial score (nSPS) is 14.0. The monoisotopic (exact) mass is 410 g/mol. The molecule has 2 aromatic carbocycles. The standard InChI is InChI=1S/C18H22N2O7S/c1-26-18(27-2)17(21)14(12-13-8-4-3-5-9-13)19-28(24,25)16-11-7-6-10-15(16)20(22)23/h3-11,14,17-19,21H,12H2,1-2H3/t14-,17+/m1/s1. The van der Waals surface area contributed by atoms with Crippen molar-refractivity contribution < 1.29 is 27.9 Å². The summed E-state index contributed by atoms with van der Waals surface area (Å²) in [7, 11) is -1.69. The molecule has 0 bridgehead atoms. The summed E-state index contributed by atoms with van der Waals surface area (Å²) in [6, 6.07) is 12.8. The molecule has 0 radical (unpaired) electrons. The number of aliphatic hydroxyl groups is 1. The number of nitrogens with zero attached hydrogens (tertiary/aromatic N) is 1. The van der Waals surface area contributed by atoms with Gasteiger partial charge in [-0.2, -0.15) is 0 Å². The van der Waals surface area contributed by atoms with E-state index in [2.05, 4.69) is 4.72 Å². The average Bonchev–Trinajstić information content (AvgIpc) is 2.69. The molecule has 2 aromatic rings. The maximum atomic E-state index is 12.9. The van der Waals surface area contributed by atoms with E-state index in [0.717, 1.165) is 17.7 Å². The maximum Gasteiger partial charge on any atom is 0.289 e. The number of methoxy groups -OCH3 is 2. The smallest absolute Gasteiger partial charge is 0.289 e. The van der Waals surface area contributed by atoms with Crippen molar-refractivity contribution >= 4 is 15.7 Å². The van der Waals surface area contributed by atoms with Crippen LogP contribution in [0.4, 0.5) is 5.69 Å². The largest absolute Gasteiger partial charge is 0.386 e. The van der Waals surface area contributed by atoms with E-state index in [1.807, 2.05) is 0 Å². The lowest BCUT2D eigenvalue weighted by molar-refractivity contribution is -0.387. The molecule has 0 aliphatic carbocycles. The number of ether oxygens (including phenoxy) is 2. The number of sulfonamides is 1. The molecule has 152 valence electrons. The SMILES string of the molecule is COC(OC)[C@@H](O)[C@@H](Cc1ccccc1)NS(=O)(=O)c1ccccc1[N+](=O)[O-]. The number of para-hydroxylation sites is 1. The molecule has 0 aliphatic rings. The summed E-state index contributed by atoms with van der Waals surface area (Å²) < 4.78 is 38.2. The molecule has 0 fully saturated rings. The molecule has 0 amide bonds. The Hall–Kier alpha value is -2.37. The van der Waals surface area contributed by atoms with Gasteiger partial charge in [-0.25, -0.2) is 13.1 Å². The zero-order chi connectivity index (χ0) is 20.7. The first-order valence-corrected chi connectivity index (χ1v) is 9.81. The van der Waals surface area contributed by atoms with Gasteiger partial charge >= 0.3 is 0 Å². The topological polar surface area (TPSA) is 128 Å². The first-order chi connectivity index (χ1) is 13.3. The molecule has 9 nitrogen and oxygen atoms in total. The lowest BCUT2D eigenvalue weighted by Gasteiger charge is -2.28. The second-order valence-electron chi connectivity index (χ2n) is 5.97. The fourth-order valence-corrected chi connectivity index (χ4v) is 4.19. The number of nitrogens with one attached hydrogen (secondary N) is 1. The van der Waals surface area contributed by atoms with Gasteiger partial charge in [0.1, 0.15) is 6.10 Å². The quantitative estimate of drug-likeness (QED) is 0.345. The van der Waals surface area contributed by atoms with Crippen LogP contribution in [0.1, 0.15) is 5.56 Å². The minimum atomic E-state index is -4.31. The summed E-state index contributed by atoms with van der Waals surface area (Å²) in [5, 5.41) is 21.8. The van der Waals surface area contributed by atoms with Gasteiger partial charge in [-0.15, -0.1) is 0 Å². The van der Waals surface area contributed by atoms with E-state index in [9.17, 15) is 23.6 Å². The zero-order valence-electron chi connectivity index (χ0n) is 15.4. The molecule has 0 spiro atoms. The maximum absolute atomic E-state index is 12.9. The van der Waals surface area contributed by atoms with E-state index >= 15 is 0 Å². The van der Waals surface area contributed by atoms with Crippen LogP contribution in [0.5, 0.6) is 0 Å². The van der Waals surface area contributed by atoms with Gasteiger partial charge in [0.25, 0.3) is 5.69 Å². The van der Waals surface area contributed by atoms with Crippen LogP contribution in [0.3, 0.4) is 0 Å². The minimum absolute atomic E-state index is 0.116. The summed E-state index contributed by atoms with van der Waals surface area (Å²) in [4.78, 5) is 9.94. The number of benzene rings is 2. The molecular weight excluding hydrogens is 388 g/mol. The molecule has 0 unspecified atom stereocenters. The molecule has 28 heavy (non-hydrogen) atoms. The van der Waals surface area contributed by atoms with Crippen molar-refractivity contribution in [3.05, 3.63) is 70.3 Å². The van der Waals surface area contributed by atoms with Crippen LogP contribution >= 0.6 is 0 Å². The molecule has 0 heterocycles. The first kappa shape index (κ1) is 21.9. The summed E-state index contributed by atoms with van der Waals surface area (Å²) in [5.41, 5.74) is 0.195. The summed E-state index contributed by atoms with van der Waals surface area (Å²) in [6.07, 6.45) is -2.35. The average molecular weight is 410 g/mol. The molecular formula is C18H22N2O7S. The van der Waals surface area contributed by atoms with E-state index in [0.29, 0.717) is 0 Å². The zero-order valence-corrected chi connectivity index (χ0v) is 16.2. The van der Waals surface area contributed by atoms with Crippen molar-refractivity contribution in [2.45, 2.75) is 29.8 Å². The minimum Gasteiger partial charge on any atom is -0.386 e. The molecule has 0 saturated carbocycles. The van der Waals surface area contributed by atoms with Crippen LogP contribution < -0.4 is 4.72 Å². The van der Waals surface area contributed by atoms with Gasteiger partial charge in [0.05, 0.1) is 11.0 Å². The van der Waals surface area contributed by atoms with Gasteiger partial charge < -0.3 is 14.6 Å². The fourth-order valence-electron chi connectivity index (χ4n) is 2.76. The van der Waals surface area contributed by atoms with Crippen molar-refractivity contribution in [1.29, 1.82) is 0 Å². The van der Waals surface area contributed by atoms with Crippen LogP contribution in [0.2, 0.25) is 0 Å². The Labute approximate surface area is 163 Å². The molecule has 2 rings (SSSR count). The van der Waals surface area contributed by atoms with E-state index in [1.165, 1.54) is 26.4 Å². The van der Waals surface area contributed by atoms with Crippen molar-refractivity contribution in [3.63, 3.8) is 0 Å². The number of rotatable bonds is 10. The molecule has 0 aliphatic heterocycles. The van der Waals surface area contributed by atoms with Gasteiger partial charge in [0.2, 0.25) is 10.0 Å². The van der Waals surface area contributed by atoms with Crippen molar-refractivity contribution in [1.82, 2.24) is 4.72 Å². The number of hydrogen-bond donors (Lipinski definition) is 2. The van der Waals surface area contributed by atoms with Gasteiger partial charge in [-0.1, -0.05) is 42.5 Å². The summed E-state index contributed by atoms with van der Waals surface area (Å²) in [5.74, 6) is 0. The molecule has 0 saturated heterocycles. The van der Waals surface area contributed by atoms with Gasteiger partial charge in [0, 0.05) is 20.3 Å². The molecule has 2 N–H and O–H groups in total. The third-order valence-corrected chi connectivity index (χ3v) is 5.65. The lowest BCUT2D eigenvalue weighted by atomic mass is 10.0. The van der Waals surface area contributed by atoms with E-state index in [-0.39, 0.29) is 6.42 Å². The molecule has 2 atom stereocenters.